The Hall–Kier alpha value is -2.24. The molecule has 0 spiro atoms. The largest absolute Gasteiger partial charge is 0.368 e. The Morgan fingerprint density at radius 1 is 1.19 bits per heavy atom. The number of anilines is 1. The lowest BCUT2D eigenvalue weighted by Gasteiger charge is -2.36. The van der Waals surface area contributed by atoms with E-state index in [2.05, 4.69) is 32.7 Å². The fourth-order valence-corrected chi connectivity index (χ4v) is 2.40. The Morgan fingerprint density at radius 2 is 1.86 bits per heavy atom. The molecule has 1 heterocycles. The molecule has 0 radical (unpaired) electrons. The molecule has 21 heavy (non-hydrogen) atoms. The molecule has 0 aromatic heterocycles. The Labute approximate surface area is 125 Å². The first-order valence-corrected chi connectivity index (χ1v) is 7.20. The van der Waals surface area contributed by atoms with Crippen LogP contribution in [0.4, 0.5) is 5.69 Å². The SMILES string of the molecule is CN=C(NC)NCC(=O)N1CCN(c2ccccc2)CC1. The highest BCUT2D eigenvalue weighted by Gasteiger charge is 2.20. The van der Waals surface area contributed by atoms with Crippen LogP contribution in [0.1, 0.15) is 0 Å². The molecule has 1 fully saturated rings. The second kappa shape index (κ2) is 7.52. The van der Waals surface area contributed by atoms with Crippen molar-refractivity contribution in [3.05, 3.63) is 30.3 Å². The lowest BCUT2D eigenvalue weighted by atomic mass is 10.2. The van der Waals surface area contributed by atoms with Crippen LogP contribution in [-0.4, -0.2) is 63.6 Å². The number of rotatable bonds is 3. The predicted molar refractivity (Wildman–Crippen MR) is 85.7 cm³/mol. The molecule has 114 valence electrons. The van der Waals surface area contributed by atoms with Crippen LogP contribution < -0.4 is 15.5 Å². The van der Waals surface area contributed by atoms with E-state index in [9.17, 15) is 4.79 Å². The summed E-state index contributed by atoms with van der Waals surface area (Å²) >= 11 is 0. The smallest absolute Gasteiger partial charge is 0.242 e. The molecule has 2 N–H and O–H groups in total. The average molecular weight is 289 g/mol. The van der Waals surface area contributed by atoms with Crippen molar-refractivity contribution in [3.63, 3.8) is 0 Å². The number of carbonyl (C=O) groups is 1. The molecule has 1 aromatic rings. The number of guanidine groups is 1. The standard InChI is InChI=1S/C15H23N5O/c1-16-15(17-2)18-12-14(21)20-10-8-19(9-11-20)13-6-4-3-5-7-13/h3-7H,8-12H2,1-2H3,(H2,16,17,18). The highest BCUT2D eigenvalue weighted by molar-refractivity contribution is 5.86. The van der Waals surface area contributed by atoms with Gasteiger partial charge in [-0.15, -0.1) is 0 Å². The van der Waals surface area contributed by atoms with Crippen molar-refractivity contribution in [1.29, 1.82) is 0 Å². The normalized spacial score (nSPS) is 15.8. The van der Waals surface area contributed by atoms with Crippen LogP contribution in [0.5, 0.6) is 0 Å². The zero-order valence-corrected chi connectivity index (χ0v) is 12.7. The third-order valence-corrected chi connectivity index (χ3v) is 3.62. The number of piperazine rings is 1. The van der Waals surface area contributed by atoms with Gasteiger partial charge in [0.05, 0.1) is 6.54 Å². The van der Waals surface area contributed by atoms with Crippen molar-refractivity contribution in [2.45, 2.75) is 0 Å². The van der Waals surface area contributed by atoms with Crippen molar-refractivity contribution < 1.29 is 4.79 Å². The summed E-state index contributed by atoms with van der Waals surface area (Å²) < 4.78 is 0. The van der Waals surface area contributed by atoms with Gasteiger partial charge in [-0.05, 0) is 12.1 Å². The molecule has 1 aliphatic rings. The van der Waals surface area contributed by atoms with Gasteiger partial charge in [0, 0.05) is 46.0 Å². The van der Waals surface area contributed by atoms with Gasteiger partial charge in [-0.2, -0.15) is 0 Å². The first-order chi connectivity index (χ1) is 10.2. The summed E-state index contributed by atoms with van der Waals surface area (Å²) in [5, 5.41) is 5.89. The van der Waals surface area contributed by atoms with E-state index in [4.69, 9.17) is 0 Å². The van der Waals surface area contributed by atoms with Gasteiger partial charge in [0.1, 0.15) is 0 Å². The van der Waals surface area contributed by atoms with Crippen molar-refractivity contribution >= 4 is 17.6 Å². The number of amides is 1. The van der Waals surface area contributed by atoms with Crippen molar-refractivity contribution in [1.82, 2.24) is 15.5 Å². The maximum Gasteiger partial charge on any atom is 0.242 e. The summed E-state index contributed by atoms with van der Waals surface area (Å²) in [6.45, 7) is 3.53. The van der Waals surface area contributed by atoms with E-state index in [-0.39, 0.29) is 12.5 Å². The number of nitrogens with zero attached hydrogens (tertiary/aromatic N) is 3. The van der Waals surface area contributed by atoms with Gasteiger partial charge in [0.15, 0.2) is 5.96 Å². The number of hydrogen-bond donors (Lipinski definition) is 2. The second-order valence-corrected chi connectivity index (χ2v) is 4.88. The quantitative estimate of drug-likeness (QED) is 0.613. The summed E-state index contributed by atoms with van der Waals surface area (Å²) in [5.41, 5.74) is 1.22. The van der Waals surface area contributed by atoms with Gasteiger partial charge in [-0.1, -0.05) is 18.2 Å². The number of carbonyl (C=O) groups excluding carboxylic acids is 1. The summed E-state index contributed by atoms with van der Waals surface area (Å²) in [7, 11) is 3.46. The van der Waals surface area contributed by atoms with Gasteiger partial charge >= 0.3 is 0 Å². The van der Waals surface area contributed by atoms with Crippen molar-refractivity contribution in [2.75, 3.05) is 51.7 Å². The van der Waals surface area contributed by atoms with Gasteiger partial charge < -0.3 is 20.4 Å². The van der Waals surface area contributed by atoms with Crippen LogP contribution >= 0.6 is 0 Å². The Morgan fingerprint density at radius 3 is 2.43 bits per heavy atom. The molecule has 2 rings (SSSR count). The Balaban J connectivity index is 1.79. The van der Waals surface area contributed by atoms with E-state index < -0.39 is 0 Å². The van der Waals surface area contributed by atoms with Crippen LogP contribution in [0.2, 0.25) is 0 Å². The summed E-state index contributed by atoms with van der Waals surface area (Å²) in [4.78, 5) is 20.3. The van der Waals surface area contributed by atoms with E-state index >= 15 is 0 Å². The lowest BCUT2D eigenvalue weighted by molar-refractivity contribution is -0.130. The second-order valence-electron chi connectivity index (χ2n) is 4.88. The molecular formula is C15H23N5O. The molecule has 1 saturated heterocycles. The molecule has 1 aliphatic heterocycles. The van der Waals surface area contributed by atoms with Gasteiger partial charge in [0.2, 0.25) is 5.91 Å². The van der Waals surface area contributed by atoms with Crippen LogP contribution in [0.3, 0.4) is 0 Å². The van der Waals surface area contributed by atoms with Crippen LogP contribution in [0.15, 0.2) is 35.3 Å². The van der Waals surface area contributed by atoms with E-state index in [0.717, 1.165) is 26.2 Å². The third-order valence-electron chi connectivity index (χ3n) is 3.62. The monoisotopic (exact) mass is 289 g/mol. The van der Waals surface area contributed by atoms with E-state index in [1.165, 1.54) is 5.69 Å². The van der Waals surface area contributed by atoms with E-state index in [1.807, 2.05) is 23.1 Å². The van der Waals surface area contributed by atoms with E-state index in [1.54, 1.807) is 14.1 Å². The van der Waals surface area contributed by atoms with Crippen LogP contribution in [0.25, 0.3) is 0 Å². The van der Waals surface area contributed by atoms with Crippen molar-refractivity contribution in [3.8, 4) is 0 Å². The van der Waals surface area contributed by atoms with Gasteiger partial charge in [0.25, 0.3) is 0 Å². The maximum atomic E-state index is 12.1. The number of para-hydroxylation sites is 1. The molecule has 0 unspecified atom stereocenters. The summed E-state index contributed by atoms with van der Waals surface area (Å²) in [6.07, 6.45) is 0. The zero-order chi connectivity index (χ0) is 15.1. The third kappa shape index (κ3) is 4.11. The summed E-state index contributed by atoms with van der Waals surface area (Å²) in [5.74, 6) is 0.741. The minimum absolute atomic E-state index is 0.110. The molecule has 1 aromatic carbocycles. The maximum absolute atomic E-state index is 12.1. The average Bonchev–Trinajstić information content (AvgIpc) is 2.56. The van der Waals surface area contributed by atoms with Gasteiger partial charge in [-0.25, -0.2) is 0 Å². The number of aliphatic imine (C=N–C) groups is 1. The summed E-state index contributed by atoms with van der Waals surface area (Å²) in [6, 6.07) is 10.3. The number of hydrogen-bond acceptors (Lipinski definition) is 3. The minimum atomic E-state index is 0.110. The molecule has 0 aliphatic carbocycles. The molecular weight excluding hydrogens is 266 g/mol. The fraction of sp³-hybridized carbons (Fsp3) is 0.467. The lowest BCUT2D eigenvalue weighted by Crippen LogP contribution is -2.52. The number of nitrogens with one attached hydrogen (secondary N) is 2. The molecule has 6 heteroatoms. The first-order valence-electron chi connectivity index (χ1n) is 7.20. The molecule has 6 nitrogen and oxygen atoms in total. The highest BCUT2D eigenvalue weighted by Crippen LogP contribution is 2.15. The zero-order valence-electron chi connectivity index (χ0n) is 12.7. The molecule has 0 bridgehead atoms. The highest BCUT2D eigenvalue weighted by atomic mass is 16.2. The minimum Gasteiger partial charge on any atom is -0.368 e. The number of benzene rings is 1. The molecule has 0 saturated carbocycles. The molecule has 0 atom stereocenters. The van der Waals surface area contributed by atoms with E-state index in [0.29, 0.717) is 5.96 Å². The fourth-order valence-electron chi connectivity index (χ4n) is 2.40. The molecule has 1 amide bonds. The predicted octanol–water partition coefficient (Wildman–Crippen LogP) is 0.130. The topological polar surface area (TPSA) is 60.0 Å². The first kappa shape index (κ1) is 15.2. The Bertz CT molecular complexity index is 480. The Kier molecular flexibility index (Phi) is 5.43. The van der Waals surface area contributed by atoms with Crippen molar-refractivity contribution in [2.24, 2.45) is 4.99 Å². The van der Waals surface area contributed by atoms with Gasteiger partial charge in [-0.3, -0.25) is 9.79 Å². The van der Waals surface area contributed by atoms with Crippen LogP contribution in [-0.2, 0) is 4.79 Å². The van der Waals surface area contributed by atoms with Crippen LogP contribution in [0, 0.1) is 0 Å².